The molecule has 144 valence electrons. The molecule has 3 rings (SSSR count). The smallest absolute Gasteiger partial charge is 0.337 e. The summed E-state index contributed by atoms with van der Waals surface area (Å²) in [5, 5.41) is 1.18. The van der Waals surface area contributed by atoms with Gasteiger partial charge in [0.15, 0.2) is 0 Å². The van der Waals surface area contributed by atoms with E-state index < -0.39 is 11.8 Å². The third kappa shape index (κ3) is 3.72. The highest BCUT2D eigenvalue weighted by molar-refractivity contribution is 5.89. The predicted molar refractivity (Wildman–Crippen MR) is 105 cm³/mol. The summed E-state index contributed by atoms with van der Waals surface area (Å²) in [5.41, 5.74) is 8.65. The van der Waals surface area contributed by atoms with Gasteiger partial charge >= 0.3 is 5.97 Å². The number of allylic oxidation sites excluding steroid dienone is 1. The standard InChI is InChI=1S/C20H20FN5O2/c1-13(22)19(26(23)18-6-4-3-5-16(18)21)17-11-25(12-24-17)15-9-7-14(8-10-15)20(27)28-2/h3-12H,22-23H2,1-2H3/b19-13-. The van der Waals surface area contributed by atoms with E-state index in [1.165, 1.54) is 18.2 Å². The lowest BCUT2D eigenvalue weighted by molar-refractivity contribution is 0.0600. The Morgan fingerprint density at radius 3 is 2.46 bits per heavy atom. The third-order valence-corrected chi connectivity index (χ3v) is 4.14. The molecule has 0 unspecified atom stereocenters. The lowest BCUT2D eigenvalue weighted by Crippen LogP contribution is -2.32. The number of halogens is 1. The van der Waals surface area contributed by atoms with Crippen LogP contribution in [-0.4, -0.2) is 22.6 Å². The van der Waals surface area contributed by atoms with Gasteiger partial charge in [0.1, 0.15) is 17.2 Å². The number of imidazole rings is 1. The van der Waals surface area contributed by atoms with Crippen molar-refractivity contribution >= 4 is 17.4 Å². The van der Waals surface area contributed by atoms with Crippen molar-refractivity contribution < 1.29 is 13.9 Å². The highest BCUT2D eigenvalue weighted by Gasteiger charge is 2.18. The molecule has 2 aromatic carbocycles. The van der Waals surface area contributed by atoms with Crippen LogP contribution in [0.3, 0.4) is 0 Å². The number of esters is 1. The first kappa shape index (κ1) is 19.1. The van der Waals surface area contributed by atoms with Crippen LogP contribution in [-0.2, 0) is 4.74 Å². The largest absolute Gasteiger partial charge is 0.465 e. The molecule has 0 aliphatic heterocycles. The normalized spacial score (nSPS) is 11.7. The maximum absolute atomic E-state index is 14.1. The molecular weight excluding hydrogens is 361 g/mol. The summed E-state index contributed by atoms with van der Waals surface area (Å²) in [6.07, 6.45) is 3.31. The number of hydrogen-bond acceptors (Lipinski definition) is 6. The molecule has 0 spiro atoms. The number of para-hydroxylation sites is 1. The number of hydrazine groups is 1. The number of benzene rings is 2. The Labute approximate surface area is 161 Å². The summed E-state index contributed by atoms with van der Waals surface area (Å²) in [7, 11) is 1.33. The van der Waals surface area contributed by atoms with Gasteiger partial charge in [-0.1, -0.05) is 12.1 Å². The summed E-state index contributed by atoms with van der Waals surface area (Å²) in [5.74, 6) is 5.26. The summed E-state index contributed by atoms with van der Waals surface area (Å²) in [6.45, 7) is 1.67. The zero-order valence-corrected chi connectivity index (χ0v) is 15.5. The number of aromatic nitrogens is 2. The molecule has 8 heteroatoms. The van der Waals surface area contributed by atoms with Gasteiger partial charge < -0.3 is 15.0 Å². The Kier molecular flexibility index (Phi) is 5.42. The van der Waals surface area contributed by atoms with Gasteiger partial charge in [0.05, 0.1) is 24.7 Å². The Morgan fingerprint density at radius 2 is 1.86 bits per heavy atom. The van der Waals surface area contributed by atoms with E-state index in [9.17, 15) is 9.18 Å². The van der Waals surface area contributed by atoms with Gasteiger partial charge in [-0.25, -0.2) is 20.0 Å². The zero-order chi connectivity index (χ0) is 20.3. The first-order chi connectivity index (χ1) is 13.4. The van der Waals surface area contributed by atoms with Gasteiger partial charge in [-0.05, 0) is 43.3 Å². The minimum Gasteiger partial charge on any atom is -0.465 e. The molecule has 1 heterocycles. The van der Waals surface area contributed by atoms with Gasteiger partial charge in [-0.3, -0.25) is 5.01 Å². The van der Waals surface area contributed by atoms with Gasteiger partial charge in [-0.2, -0.15) is 0 Å². The van der Waals surface area contributed by atoms with Crippen LogP contribution in [0.1, 0.15) is 23.0 Å². The van der Waals surface area contributed by atoms with E-state index in [4.69, 9.17) is 16.3 Å². The number of rotatable bonds is 5. The summed E-state index contributed by atoms with van der Waals surface area (Å²) in [4.78, 5) is 15.9. The molecule has 0 fully saturated rings. The quantitative estimate of drug-likeness (QED) is 0.401. The number of carbonyl (C=O) groups is 1. The molecular formula is C20H20FN5O2. The van der Waals surface area contributed by atoms with Crippen LogP contribution in [0.15, 0.2) is 66.8 Å². The second kappa shape index (κ2) is 7.93. The van der Waals surface area contributed by atoms with E-state index in [2.05, 4.69) is 4.98 Å². The number of hydrogen-bond donors (Lipinski definition) is 2. The van der Waals surface area contributed by atoms with Crippen molar-refractivity contribution in [3.05, 3.63) is 83.8 Å². The lowest BCUT2D eigenvalue weighted by atomic mass is 10.2. The van der Waals surface area contributed by atoms with Crippen molar-refractivity contribution in [2.24, 2.45) is 11.6 Å². The number of nitrogens with two attached hydrogens (primary N) is 2. The van der Waals surface area contributed by atoms with Gasteiger partial charge in [0.25, 0.3) is 0 Å². The first-order valence-corrected chi connectivity index (χ1v) is 8.41. The first-order valence-electron chi connectivity index (χ1n) is 8.41. The van der Waals surface area contributed by atoms with Crippen LogP contribution in [0.2, 0.25) is 0 Å². The molecule has 1 aromatic heterocycles. The zero-order valence-electron chi connectivity index (χ0n) is 15.5. The average Bonchev–Trinajstić information content (AvgIpc) is 3.17. The van der Waals surface area contributed by atoms with Crippen LogP contribution in [0, 0.1) is 5.82 Å². The van der Waals surface area contributed by atoms with Crippen molar-refractivity contribution in [3.8, 4) is 5.69 Å². The number of nitrogens with zero attached hydrogens (tertiary/aromatic N) is 3. The molecule has 4 N–H and O–H groups in total. The molecule has 0 saturated carbocycles. The molecule has 0 aliphatic carbocycles. The second-order valence-corrected chi connectivity index (χ2v) is 6.06. The van der Waals surface area contributed by atoms with E-state index in [1.807, 2.05) is 0 Å². The van der Waals surface area contributed by atoms with Crippen molar-refractivity contribution in [1.82, 2.24) is 9.55 Å². The highest BCUT2D eigenvalue weighted by atomic mass is 19.1. The van der Waals surface area contributed by atoms with E-state index in [0.717, 1.165) is 5.69 Å². The van der Waals surface area contributed by atoms with Gasteiger partial charge in [0, 0.05) is 17.6 Å². The number of anilines is 1. The van der Waals surface area contributed by atoms with Crippen LogP contribution in [0.25, 0.3) is 11.4 Å². The summed E-state index contributed by atoms with van der Waals surface area (Å²) < 4.78 is 20.6. The fraction of sp³-hybridized carbons (Fsp3) is 0.100. The Bertz CT molecular complexity index is 1020. The van der Waals surface area contributed by atoms with Gasteiger partial charge in [-0.15, -0.1) is 0 Å². The Balaban J connectivity index is 1.93. The molecule has 7 nitrogen and oxygen atoms in total. The molecule has 0 saturated heterocycles. The van der Waals surface area contributed by atoms with Crippen molar-refractivity contribution in [2.45, 2.75) is 6.92 Å². The third-order valence-electron chi connectivity index (χ3n) is 4.14. The predicted octanol–water partition coefficient (Wildman–Crippen LogP) is 2.83. The Morgan fingerprint density at radius 1 is 1.18 bits per heavy atom. The SMILES string of the molecule is COC(=O)c1ccc(-n2cnc(/C(=C(\C)N)N(N)c3ccccc3F)c2)cc1. The Hall–Kier alpha value is -3.65. The maximum Gasteiger partial charge on any atom is 0.337 e. The number of methoxy groups -OCH3 is 1. The molecule has 28 heavy (non-hydrogen) atoms. The monoisotopic (exact) mass is 381 g/mol. The minimum absolute atomic E-state index is 0.180. The topological polar surface area (TPSA) is 99.4 Å². The molecule has 0 radical (unpaired) electrons. The number of carbonyl (C=O) groups excluding carboxylic acids is 1. The van der Waals surface area contributed by atoms with Crippen LogP contribution < -0.4 is 16.6 Å². The highest BCUT2D eigenvalue weighted by Crippen LogP contribution is 2.26. The van der Waals surface area contributed by atoms with E-state index >= 15 is 0 Å². The fourth-order valence-electron chi connectivity index (χ4n) is 2.76. The summed E-state index contributed by atoms with van der Waals surface area (Å²) >= 11 is 0. The van der Waals surface area contributed by atoms with E-state index in [1.54, 1.807) is 66.5 Å². The summed E-state index contributed by atoms with van der Waals surface area (Å²) in [6, 6.07) is 13.0. The van der Waals surface area contributed by atoms with E-state index in [0.29, 0.717) is 22.7 Å². The maximum atomic E-state index is 14.1. The van der Waals surface area contributed by atoms with E-state index in [-0.39, 0.29) is 5.69 Å². The van der Waals surface area contributed by atoms with Crippen molar-refractivity contribution in [1.29, 1.82) is 0 Å². The minimum atomic E-state index is -0.471. The molecule has 0 amide bonds. The van der Waals surface area contributed by atoms with Crippen molar-refractivity contribution in [3.63, 3.8) is 0 Å². The molecule has 0 aliphatic rings. The van der Waals surface area contributed by atoms with Crippen LogP contribution >= 0.6 is 0 Å². The average molecular weight is 381 g/mol. The fourth-order valence-corrected chi connectivity index (χ4v) is 2.76. The van der Waals surface area contributed by atoms with Crippen LogP contribution in [0.5, 0.6) is 0 Å². The number of ether oxygens (including phenoxy) is 1. The molecule has 3 aromatic rings. The molecule has 0 bridgehead atoms. The second-order valence-electron chi connectivity index (χ2n) is 6.06. The van der Waals surface area contributed by atoms with Gasteiger partial charge in [0.2, 0.25) is 0 Å². The molecule has 0 atom stereocenters. The van der Waals surface area contributed by atoms with Crippen molar-refractivity contribution in [2.75, 3.05) is 12.1 Å². The van der Waals surface area contributed by atoms with Crippen LogP contribution in [0.4, 0.5) is 10.1 Å². The lowest BCUT2D eigenvalue weighted by Gasteiger charge is -2.22.